The number of aromatic nitrogens is 4. The fraction of sp³-hybridized carbons (Fsp3) is 0.400. The average molecular weight is 700 g/mol. The predicted molar refractivity (Wildman–Crippen MR) is 186 cm³/mol. The van der Waals surface area contributed by atoms with Crippen LogP contribution in [-0.2, 0) is 23.9 Å². The summed E-state index contributed by atoms with van der Waals surface area (Å²) >= 11 is 0. The summed E-state index contributed by atoms with van der Waals surface area (Å²) in [6.45, 7) is 4.18. The number of hydrogen-bond donors (Lipinski definition) is 5. The number of carbonyl (C=O) groups excluding carboxylic acids is 5. The highest BCUT2D eigenvalue weighted by Gasteiger charge is 2.37. The van der Waals surface area contributed by atoms with Gasteiger partial charge in [0.1, 0.15) is 23.9 Å². The number of hydrogen-bond acceptors (Lipinski definition) is 9. The largest absolute Gasteiger partial charge is 0.453 e. The molecular formula is C35H41N9O7. The second-order valence-corrected chi connectivity index (χ2v) is 12.7. The SMILES string of the molecule is COC(=O)NC(C)C(=O)N1CCCC1C(=O)Nc1n[nH]c2cc(-c3ccc(-c4cnc(C5CCCN5C(=O)C(C)NC(=O)OC)[nH]4)cc3)ccc12. The molecule has 4 atom stereocenters. The number of anilines is 1. The van der Waals surface area contributed by atoms with Crippen LogP contribution in [0.15, 0.2) is 48.7 Å². The van der Waals surface area contributed by atoms with Crippen molar-refractivity contribution in [1.82, 2.24) is 40.6 Å². The van der Waals surface area contributed by atoms with Crippen LogP contribution >= 0.6 is 0 Å². The van der Waals surface area contributed by atoms with Gasteiger partial charge in [-0.25, -0.2) is 14.6 Å². The number of H-pyrrole nitrogens is 2. The maximum Gasteiger partial charge on any atom is 0.407 e. The average Bonchev–Trinajstić information content (AvgIpc) is 3.97. The van der Waals surface area contributed by atoms with Crippen molar-refractivity contribution in [3.05, 3.63) is 54.5 Å². The van der Waals surface area contributed by atoms with Crippen molar-refractivity contribution in [2.45, 2.75) is 63.7 Å². The molecule has 5 amide bonds. The zero-order valence-electron chi connectivity index (χ0n) is 28.8. The van der Waals surface area contributed by atoms with Crippen molar-refractivity contribution in [2.24, 2.45) is 0 Å². The minimum Gasteiger partial charge on any atom is -0.453 e. The Bertz CT molecular complexity index is 1940. The van der Waals surface area contributed by atoms with E-state index >= 15 is 0 Å². The van der Waals surface area contributed by atoms with Crippen molar-refractivity contribution in [2.75, 3.05) is 32.6 Å². The van der Waals surface area contributed by atoms with Crippen molar-refractivity contribution >= 4 is 46.6 Å². The first kappa shape index (κ1) is 34.9. The summed E-state index contributed by atoms with van der Waals surface area (Å²) in [5.74, 6) is 0.154. The Balaban J connectivity index is 1.10. The number of fused-ring (bicyclic) bond motifs is 1. The van der Waals surface area contributed by atoms with Crippen molar-refractivity contribution in [1.29, 1.82) is 0 Å². The number of rotatable bonds is 9. The lowest BCUT2D eigenvalue weighted by Crippen LogP contribution is -2.51. The molecule has 5 N–H and O–H groups in total. The van der Waals surface area contributed by atoms with E-state index in [1.54, 1.807) is 24.9 Å². The number of alkyl carbamates (subject to hydrolysis) is 2. The summed E-state index contributed by atoms with van der Waals surface area (Å²) in [6.07, 6.45) is 3.14. The quantitative estimate of drug-likeness (QED) is 0.173. The second kappa shape index (κ2) is 14.9. The minimum atomic E-state index is -0.838. The molecule has 0 radical (unpaired) electrons. The monoisotopic (exact) mass is 699 g/mol. The van der Waals surface area contributed by atoms with Crippen molar-refractivity contribution in [3.63, 3.8) is 0 Å². The fourth-order valence-electron chi connectivity index (χ4n) is 6.70. The van der Waals surface area contributed by atoms with Gasteiger partial charge in [0.25, 0.3) is 0 Å². The Hall–Kier alpha value is -5.93. The molecule has 2 fully saturated rings. The van der Waals surface area contributed by atoms with Crippen LogP contribution in [0.5, 0.6) is 0 Å². The first-order valence-corrected chi connectivity index (χ1v) is 16.8. The van der Waals surface area contributed by atoms with Gasteiger partial charge in [-0.15, -0.1) is 0 Å². The van der Waals surface area contributed by atoms with E-state index in [0.717, 1.165) is 46.1 Å². The third kappa shape index (κ3) is 7.34. The first-order valence-electron chi connectivity index (χ1n) is 16.8. The molecular weight excluding hydrogens is 658 g/mol. The number of imidazole rings is 1. The number of benzene rings is 2. The molecule has 0 spiro atoms. The lowest BCUT2D eigenvalue weighted by Gasteiger charge is -2.26. The van der Waals surface area contributed by atoms with E-state index in [1.165, 1.54) is 19.1 Å². The Labute approximate surface area is 293 Å². The van der Waals surface area contributed by atoms with Gasteiger partial charge in [-0.3, -0.25) is 19.5 Å². The molecule has 4 unspecified atom stereocenters. The highest BCUT2D eigenvalue weighted by Crippen LogP contribution is 2.33. The first-order chi connectivity index (χ1) is 24.6. The summed E-state index contributed by atoms with van der Waals surface area (Å²) < 4.78 is 9.21. The predicted octanol–water partition coefficient (Wildman–Crippen LogP) is 3.70. The Kier molecular flexibility index (Phi) is 10.2. The molecule has 16 nitrogen and oxygen atoms in total. The number of likely N-dealkylation sites (tertiary alicyclic amines) is 2. The molecule has 0 saturated carbocycles. The standard InChI is InChI=1S/C35H41N9O7/c1-19(37-34(48)50-3)32(46)43-15-5-7-27(43)30-36-18-26(39-30)22-11-9-21(10-12-22)23-13-14-24-25(17-23)41-42-29(24)40-31(45)28-8-6-16-44(28)33(47)20(2)38-35(49)51-4/h9-14,17-20,27-28H,5-8,15-16H2,1-4H3,(H,36,39)(H,37,48)(H,38,49)(H2,40,41,42,45). The van der Waals surface area contributed by atoms with Gasteiger partial charge < -0.3 is 40.2 Å². The van der Waals surface area contributed by atoms with E-state index in [0.29, 0.717) is 37.6 Å². The van der Waals surface area contributed by atoms with E-state index in [9.17, 15) is 24.0 Å². The summed E-state index contributed by atoms with van der Waals surface area (Å²) in [5, 5.41) is 15.9. The number of aromatic amines is 2. The van der Waals surface area contributed by atoms with Crippen LogP contribution in [-0.4, -0.2) is 105 Å². The molecule has 268 valence electrons. The number of amides is 5. The van der Waals surface area contributed by atoms with E-state index in [4.69, 9.17) is 0 Å². The molecule has 2 aliphatic rings. The van der Waals surface area contributed by atoms with E-state index in [1.807, 2.05) is 42.5 Å². The summed E-state index contributed by atoms with van der Waals surface area (Å²) in [4.78, 5) is 73.7. The van der Waals surface area contributed by atoms with Gasteiger partial charge >= 0.3 is 12.2 Å². The van der Waals surface area contributed by atoms with E-state index in [-0.39, 0.29) is 23.8 Å². The number of ether oxygens (including phenoxy) is 2. The Morgan fingerprint density at radius 3 is 2.12 bits per heavy atom. The number of methoxy groups -OCH3 is 2. The highest BCUT2D eigenvalue weighted by molar-refractivity contribution is 6.04. The third-order valence-electron chi connectivity index (χ3n) is 9.40. The maximum absolute atomic E-state index is 13.3. The highest BCUT2D eigenvalue weighted by atomic mass is 16.5. The van der Waals surface area contributed by atoms with Crippen LogP contribution < -0.4 is 16.0 Å². The summed E-state index contributed by atoms with van der Waals surface area (Å²) in [5.41, 5.74) is 4.38. The smallest absolute Gasteiger partial charge is 0.407 e. The van der Waals surface area contributed by atoms with Gasteiger partial charge in [0.05, 0.1) is 37.7 Å². The van der Waals surface area contributed by atoms with Crippen LogP contribution in [0.3, 0.4) is 0 Å². The van der Waals surface area contributed by atoms with Crippen LogP contribution in [0, 0.1) is 0 Å². The number of carbonyl (C=O) groups is 5. The molecule has 0 bridgehead atoms. The van der Waals surface area contributed by atoms with Crippen LogP contribution in [0.1, 0.15) is 51.4 Å². The second-order valence-electron chi connectivity index (χ2n) is 12.7. The Morgan fingerprint density at radius 2 is 1.43 bits per heavy atom. The van der Waals surface area contributed by atoms with Crippen molar-refractivity contribution in [3.8, 4) is 22.4 Å². The van der Waals surface area contributed by atoms with Gasteiger partial charge in [-0.1, -0.05) is 30.3 Å². The van der Waals surface area contributed by atoms with E-state index < -0.39 is 30.3 Å². The van der Waals surface area contributed by atoms with Gasteiger partial charge in [0.15, 0.2) is 5.82 Å². The minimum absolute atomic E-state index is 0.192. The van der Waals surface area contributed by atoms with Gasteiger partial charge in [0, 0.05) is 18.5 Å². The normalized spacial score (nSPS) is 18.3. The number of nitrogens with zero attached hydrogens (tertiary/aromatic N) is 4. The summed E-state index contributed by atoms with van der Waals surface area (Å²) in [7, 11) is 2.48. The molecule has 0 aliphatic carbocycles. The lowest BCUT2D eigenvalue weighted by molar-refractivity contribution is -0.138. The molecule has 4 aromatic rings. The topological polar surface area (TPSA) is 204 Å². The molecule has 6 rings (SSSR count). The zero-order chi connectivity index (χ0) is 36.2. The van der Waals surface area contributed by atoms with Crippen LogP contribution in [0.4, 0.5) is 15.4 Å². The molecule has 51 heavy (non-hydrogen) atoms. The molecule has 2 aliphatic heterocycles. The molecule has 16 heteroatoms. The molecule has 2 saturated heterocycles. The zero-order valence-corrected chi connectivity index (χ0v) is 28.8. The summed E-state index contributed by atoms with van der Waals surface area (Å²) in [6, 6.07) is 11.3. The maximum atomic E-state index is 13.3. The van der Waals surface area contributed by atoms with Crippen molar-refractivity contribution < 1.29 is 33.4 Å². The Morgan fingerprint density at radius 1 is 0.824 bits per heavy atom. The molecule has 4 heterocycles. The lowest BCUT2D eigenvalue weighted by atomic mass is 10.0. The molecule has 2 aromatic heterocycles. The number of nitrogens with one attached hydrogen (secondary N) is 5. The van der Waals surface area contributed by atoms with Crippen LogP contribution in [0.25, 0.3) is 33.3 Å². The van der Waals surface area contributed by atoms with Gasteiger partial charge in [-0.2, -0.15) is 5.10 Å². The fourth-order valence-corrected chi connectivity index (χ4v) is 6.70. The van der Waals surface area contributed by atoms with Gasteiger partial charge in [0.2, 0.25) is 17.7 Å². The molecule has 2 aromatic carbocycles. The van der Waals surface area contributed by atoms with Crippen LogP contribution in [0.2, 0.25) is 0 Å². The van der Waals surface area contributed by atoms with E-state index in [2.05, 4.69) is 45.6 Å². The van der Waals surface area contributed by atoms with Gasteiger partial charge in [-0.05, 0) is 68.4 Å². The third-order valence-corrected chi connectivity index (χ3v) is 9.40.